The van der Waals surface area contributed by atoms with E-state index in [9.17, 15) is 10.1 Å². The van der Waals surface area contributed by atoms with Crippen molar-refractivity contribution < 1.29 is 4.87 Å². The number of para-hydroxylation sites is 2. The minimum atomic E-state index is 0.307. The molecule has 0 aliphatic rings. The Kier molecular flexibility index (Phi) is 2.93. The van der Waals surface area contributed by atoms with Crippen molar-refractivity contribution in [1.29, 1.82) is 0 Å². The standard InChI is InChI=1S/C12H10N2O2/c15-13(11-7-3-1-4-8-11)14(16)12-9-5-2-6-10-12/h1-10H. The van der Waals surface area contributed by atoms with Gasteiger partial charge in [0.05, 0.1) is 10.6 Å². The van der Waals surface area contributed by atoms with Gasteiger partial charge < -0.3 is 5.21 Å². The van der Waals surface area contributed by atoms with Gasteiger partial charge >= 0.3 is 0 Å². The summed E-state index contributed by atoms with van der Waals surface area (Å²) >= 11 is 0. The van der Waals surface area contributed by atoms with Crippen molar-refractivity contribution in [3.05, 3.63) is 70.8 Å². The highest BCUT2D eigenvalue weighted by molar-refractivity contribution is 5.44. The molecule has 0 saturated carbocycles. The quantitative estimate of drug-likeness (QED) is 0.582. The molecule has 2 rings (SSSR count). The summed E-state index contributed by atoms with van der Waals surface area (Å²) in [5.74, 6) is 0. The number of nitrogens with zero attached hydrogens (tertiary/aromatic N) is 2. The first-order valence-corrected chi connectivity index (χ1v) is 4.83. The Morgan fingerprint density at radius 1 is 0.875 bits per heavy atom. The second kappa shape index (κ2) is 4.55. The van der Waals surface area contributed by atoms with Crippen molar-refractivity contribution in [3.63, 3.8) is 0 Å². The molecule has 4 heteroatoms. The number of hydrazine groups is 1. The van der Waals surface area contributed by atoms with Crippen LogP contribution in [0.3, 0.4) is 0 Å². The van der Waals surface area contributed by atoms with Crippen LogP contribution < -0.4 is 5.17 Å². The minimum absolute atomic E-state index is 0.307. The van der Waals surface area contributed by atoms with Crippen LogP contribution in [0.2, 0.25) is 0 Å². The van der Waals surface area contributed by atoms with Crippen LogP contribution in [0.4, 0.5) is 11.4 Å². The number of rotatable bonds is 3. The summed E-state index contributed by atoms with van der Waals surface area (Å²) in [7, 11) is 0. The minimum Gasteiger partial charge on any atom is -0.699 e. The van der Waals surface area contributed by atoms with Crippen LogP contribution in [-0.2, 0) is 0 Å². The fourth-order valence-electron chi connectivity index (χ4n) is 1.32. The third kappa shape index (κ3) is 2.07. The first-order valence-electron chi connectivity index (χ1n) is 4.83. The zero-order valence-electron chi connectivity index (χ0n) is 8.48. The molecule has 0 aliphatic carbocycles. The third-order valence-corrected chi connectivity index (χ3v) is 2.12. The van der Waals surface area contributed by atoms with E-state index >= 15 is 0 Å². The molecule has 2 aromatic rings. The monoisotopic (exact) mass is 214 g/mol. The highest BCUT2D eigenvalue weighted by atomic mass is 16.6. The largest absolute Gasteiger partial charge is 0.699 e. The Morgan fingerprint density at radius 3 is 1.94 bits per heavy atom. The number of hydrogen-bond donors (Lipinski definition) is 0. The van der Waals surface area contributed by atoms with Crippen LogP contribution in [0, 0.1) is 10.1 Å². The molecule has 2 aromatic carbocycles. The summed E-state index contributed by atoms with van der Waals surface area (Å²) in [6.07, 6.45) is 0. The molecule has 80 valence electrons. The van der Waals surface area contributed by atoms with E-state index < -0.39 is 0 Å². The van der Waals surface area contributed by atoms with E-state index in [2.05, 4.69) is 0 Å². The Labute approximate surface area is 92.9 Å². The van der Waals surface area contributed by atoms with Crippen molar-refractivity contribution >= 4 is 11.4 Å². The summed E-state index contributed by atoms with van der Waals surface area (Å²) in [6.45, 7) is 0. The molecule has 0 fully saturated rings. The van der Waals surface area contributed by atoms with Gasteiger partial charge in [0.1, 0.15) is 0 Å². The van der Waals surface area contributed by atoms with E-state index in [1.807, 2.05) is 0 Å². The summed E-state index contributed by atoms with van der Waals surface area (Å²) < 4.78 is 0. The second-order valence-electron chi connectivity index (χ2n) is 3.22. The highest BCUT2D eigenvalue weighted by Crippen LogP contribution is 2.18. The molecule has 0 N–H and O–H groups in total. The van der Waals surface area contributed by atoms with Crippen LogP contribution in [0.1, 0.15) is 0 Å². The van der Waals surface area contributed by atoms with Crippen molar-refractivity contribution in [2.45, 2.75) is 0 Å². The average Bonchev–Trinajstić information content (AvgIpc) is 2.39. The zero-order valence-corrected chi connectivity index (χ0v) is 8.48. The molecule has 0 unspecified atom stereocenters. The Balaban J connectivity index is 2.24. The van der Waals surface area contributed by atoms with Crippen molar-refractivity contribution in [2.75, 3.05) is 5.17 Å². The smallest absolute Gasteiger partial charge is 0.291 e. The Hall–Kier alpha value is -2.20. The predicted molar refractivity (Wildman–Crippen MR) is 62.0 cm³/mol. The van der Waals surface area contributed by atoms with E-state index in [1.165, 1.54) is 0 Å². The molecule has 0 spiro atoms. The molecule has 0 saturated heterocycles. The maximum atomic E-state index is 11.7. The van der Waals surface area contributed by atoms with Gasteiger partial charge in [-0.05, 0) is 12.1 Å². The predicted octanol–water partition coefficient (Wildman–Crippen LogP) is 3.02. The lowest BCUT2D eigenvalue weighted by Crippen LogP contribution is -2.23. The number of anilines is 1. The average molecular weight is 214 g/mol. The van der Waals surface area contributed by atoms with Gasteiger partial charge in [-0.2, -0.15) is 5.17 Å². The fraction of sp³-hybridized carbons (Fsp3) is 0. The van der Waals surface area contributed by atoms with E-state index in [1.54, 1.807) is 60.7 Å². The first-order chi connectivity index (χ1) is 7.79. The maximum absolute atomic E-state index is 11.7. The molecule has 0 amide bonds. The van der Waals surface area contributed by atoms with E-state index in [0.29, 0.717) is 21.4 Å². The van der Waals surface area contributed by atoms with E-state index in [4.69, 9.17) is 0 Å². The lowest BCUT2D eigenvalue weighted by Gasteiger charge is -2.17. The highest BCUT2D eigenvalue weighted by Gasteiger charge is 2.16. The van der Waals surface area contributed by atoms with Crippen molar-refractivity contribution in [3.8, 4) is 0 Å². The van der Waals surface area contributed by atoms with Crippen LogP contribution in [0.25, 0.3) is 0 Å². The van der Waals surface area contributed by atoms with Gasteiger partial charge in [0.25, 0.3) is 5.69 Å². The lowest BCUT2D eigenvalue weighted by atomic mass is 10.3. The van der Waals surface area contributed by atoms with Gasteiger partial charge in [0, 0.05) is 12.1 Å². The molecule has 16 heavy (non-hydrogen) atoms. The number of hydrogen-bond acceptors (Lipinski definition) is 2. The summed E-state index contributed by atoms with van der Waals surface area (Å²) in [4.78, 5) is 12.0. The Bertz CT molecular complexity index is 471. The van der Waals surface area contributed by atoms with E-state index in [0.717, 1.165) is 0 Å². The molecule has 0 aliphatic heterocycles. The second-order valence-corrected chi connectivity index (χ2v) is 3.22. The molecule has 0 aromatic heterocycles. The fourth-order valence-corrected chi connectivity index (χ4v) is 1.32. The van der Waals surface area contributed by atoms with E-state index in [-0.39, 0.29) is 0 Å². The molecule has 0 radical (unpaired) electrons. The van der Waals surface area contributed by atoms with Gasteiger partial charge in [-0.15, -0.1) is 0 Å². The summed E-state index contributed by atoms with van der Waals surface area (Å²) in [5.41, 5.74) is 0.614. The number of nitroso groups, excluding NO2 is 1. The van der Waals surface area contributed by atoms with Crippen LogP contribution in [0.5, 0.6) is 0 Å². The van der Waals surface area contributed by atoms with Crippen LogP contribution in [-0.4, -0.2) is 4.87 Å². The molecule has 4 nitrogen and oxygen atoms in total. The normalized spacial score (nSPS) is 9.81. The van der Waals surface area contributed by atoms with Crippen LogP contribution >= 0.6 is 0 Å². The molecule has 0 heterocycles. The van der Waals surface area contributed by atoms with Crippen molar-refractivity contribution in [1.82, 2.24) is 0 Å². The first kappa shape index (κ1) is 10.3. The van der Waals surface area contributed by atoms with Gasteiger partial charge in [-0.3, -0.25) is 0 Å². The van der Waals surface area contributed by atoms with Crippen molar-refractivity contribution in [2.24, 2.45) is 0 Å². The summed E-state index contributed by atoms with van der Waals surface area (Å²) in [6, 6.07) is 16.7. The Morgan fingerprint density at radius 2 is 1.38 bits per heavy atom. The third-order valence-electron chi connectivity index (χ3n) is 2.12. The number of benzene rings is 2. The molecular formula is C12H10N2O2. The lowest BCUT2D eigenvalue weighted by molar-refractivity contribution is -0.468. The van der Waals surface area contributed by atoms with Gasteiger partial charge in [0.2, 0.25) is 0 Å². The zero-order chi connectivity index (χ0) is 11.4. The van der Waals surface area contributed by atoms with Crippen LogP contribution in [0.15, 0.2) is 60.7 Å². The SMILES string of the molecule is O=[N+](c1ccccc1)N([O-])c1ccccc1. The topological polar surface area (TPSA) is 46.4 Å². The molecule has 0 atom stereocenters. The van der Waals surface area contributed by atoms with Gasteiger partial charge in [-0.25, -0.2) is 0 Å². The maximum Gasteiger partial charge on any atom is 0.291 e. The molecular weight excluding hydrogens is 204 g/mol. The van der Waals surface area contributed by atoms with Gasteiger partial charge in [-0.1, -0.05) is 36.4 Å². The molecule has 0 bridgehead atoms. The summed E-state index contributed by atoms with van der Waals surface area (Å²) in [5, 5.41) is 12.0. The van der Waals surface area contributed by atoms with Gasteiger partial charge in [0.15, 0.2) is 4.87 Å².